The van der Waals surface area contributed by atoms with Gasteiger partial charge in [-0.2, -0.15) is 18.3 Å². The van der Waals surface area contributed by atoms with Crippen LogP contribution in [0.15, 0.2) is 0 Å². The second kappa shape index (κ2) is 5.90. The van der Waals surface area contributed by atoms with Gasteiger partial charge in [-0.1, -0.05) is 11.6 Å². The van der Waals surface area contributed by atoms with E-state index in [0.717, 1.165) is 11.2 Å². The lowest BCUT2D eigenvalue weighted by Crippen LogP contribution is -2.27. The minimum atomic E-state index is -4.48. The Bertz CT molecular complexity index is 401. The van der Waals surface area contributed by atoms with E-state index in [1.165, 1.54) is 7.05 Å². The van der Waals surface area contributed by atoms with Crippen LogP contribution in [0.2, 0.25) is 5.15 Å². The van der Waals surface area contributed by atoms with Crippen molar-refractivity contribution in [3.63, 3.8) is 0 Å². The smallest absolute Gasteiger partial charge is 0.311 e. The van der Waals surface area contributed by atoms with E-state index in [0.29, 0.717) is 6.54 Å². The average Bonchev–Trinajstić information content (AvgIpc) is 2.51. The Morgan fingerprint density at radius 1 is 1.39 bits per heavy atom. The minimum absolute atomic E-state index is 0.00887. The first-order valence-corrected chi connectivity index (χ1v) is 5.75. The van der Waals surface area contributed by atoms with Gasteiger partial charge in [-0.25, -0.2) is 0 Å². The Kier molecular flexibility index (Phi) is 5.01. The molecule has 8 heteroatoms. The fourth-order valence-electron chi connectivity index (χ4n) is 1.45. The van der Waals surface area contributed by atoms with E-state index in [1.54, 1.807) is 0 Å². The summed E-state index contributed by atoms with van der Waals surface area (Å²) < 4.78 is 39.2. The van der Waals surface area contributed by atoms with E-state index < -0.39 is 11.9 Å². The molecule has 0 spiro atoms. The van der Waals surface area contributed by atoms with Crippen molar-refractivity contribution in [1.82, 2.24) is 20.0 Å². The summed E-state index contributed by atoms with van der Waals surface area (Å²) in [5, 5.41) is 6.34. The molecule has 0 aliphatic carbocycles. The summed E-state index contributed by atoms with van der Waals surface area (Å²) in [7, 11) is 5.17. The van der Waals surface area contributed by atoms with Crippen LogP contribution in [0.25, 0.3) is 0 Å². The number of hydrogen-bond donors (Lipinski definition) is 1. The largest absolute Gasteiger partial charge is 0.435 e. The second-order valence-electron chi connectivity index (χ2n) is 4.22. The van der Waals surface area contributed by atoms with Gasteiger partial charge in [0, 0.05) is 32.2 Å². The fraction of sp³-hybridized carbons (Fsp3) is 0.700. The molecule has 0 saturated heterocycles. The summed E-state index contributed by atoms with van der Waals surface area (Å²) in [5.41, 5.74) is -0.933. The number of alkyl halides is 3. The summed E-state index contributed by atoms with van der Waals surface area (Å²) in [6.07, 6.45) is -4.48. The van der Waals surface area contributed by atoms with Crippen LogP contribution in [0.1, 0.15) is 11.3 Å². The standard InChI is InChI=1S/C10H16ClF3N4/c1-17(2)5-4-15-6-7-8(10(12,13)14)16-18(3)9(7)11/h15H,4-6H2,1-3H3. The van der Waals surface area contributed by atoms with Crippen molar-refractivity contribution in [2.24, 2.45) is 7.05 Å². The van der Waals surface area contributed by atoms with Crippen molar-refractivity contribution in [3.05, 3.63) is 16.4 Å². The fourth-order valence-corrected chi connectivity index (χ4v) is 1.64. The van der Waals surface area contributed by atoms with Gasteiger partial charge < -0.3 is 10.2 Å². The highest BCUT2D eigenvalue weighted by atomic mass is 35.5. The molecular weight excluding hydrogens is 269 g/mol. The summed E-state index contributed by atoms with van der Waals surface area (Å²) in [4.78, 5) is 1.93. The molecule has 0 aromatic carbocycles. The number of halogens is 4. The van der Waals surface area contributed by atoms with Gasteiger partial charge in [-0.3, -0.25) is 4.68 Å². The summed E-state index contributed by atoms with van der Waals surface area (Å²) in [6, 6.07) is 0. The predicted octanol–water partition coefficient (Wildman–Crippen LogP) is 1.74. The number of likely N-dealkylation sites (N-methyl/N-ethyl adjacent to an activating group) is 1. The first-order valence-electron chi connectivity index (χ1n) is 5.37. The van der Waals surface area contributed by atoms with Crippen molar-refractivity contribution < 1.29 is 13.2 Å². The molecule has 4 nitrogen and oxygen atoms in total. The Labute approximate surface area is 109 Å². The van der Waals surface area contributed by atoms with Gasteiger partial charge in [0.25, 0.3) is 0 Å². The van der Waals surface area contributed by atoms with E-state index in [9.17, 15) is 13.2 Å². The third kappa shape index (κ3) is 3.86. The number of aryl methyl sites for hydroxylation is 1. The van der Waals surface area contributed by atoms with Crippen molar-refractivity contribution >= 4 is 11.6 Å². The molecule has 1 N–H and O–H groups in total. The minimum Gasteiger partial charge on any atom is -0.311 e. The normalized spacial score (nSPS) is 12.4. The van der Waals surface area contributed by atoms with Gasteiger partial charge >= 0.3 is 6.18 Å². The molecule has 0 saturated carbocycles. The zero-order valence-electron chi connectivity index (χ0n) is 10.5. The Balaban J connectivity index is 2.75. The Hall–Kier alpha value is -0.790. The maximum atomic E-state index is 12.7. The lowest BCUT2D eigenvalue weighted by Gasteiger charge is -2.11. The summed E-state index contributed by atoms with van der Waals surface area (Å²) in [6.45, 7) is 1.37. The van der Waals surface area contributed by atoms with E-state index in [2.05, 4.69) is 10.4 Å². The number of rotatable bonds is 5. The maximum absolute atomic E-state index is 12.7. The second-order valence-corrected chi connectivity index (χ2v) is 4.58. The van der Waals surface area contributed by atoms with E-state index in [1.807, 2.05) is 19.0 Å². The Morgan fingerprint density at radius 3 is 2.50 bits per heavy atom. The highest BCUT2D eigenvalue weighted by Gasteiger charge is 2.38. The topological polar surface area (TPSA) is 33.1 Å². The molecule has 1 aromatic rings. The lowest BCUT2D eigenvalue weighted by molar-refractivity contribution is -0.142. The maximum Gasteiger partial charge on any atom is 0.435 e. The molecule has 0 unspecified atom stereocenters. The molecule has 0 radical (unpaired) electrons. The van der Waals surface area contributed by atoms with Crippen LogP contribution in [0.3, 0.4) is 0 Å². The van der Waals surface area contributed by atoms with Gasteiger partial charge in [0.05, 0.1) is 0 Å². The molecule has 0 aliphatic heterocycles. The van der Waals surface area contributed by atoms with Crippen LogP contribution >= 0.6 is 11.6 Å². The van der Waals surface area contributed by atoms with Crippen LogP contribution in [0.4, 0.5) is 13.2 Å². The van der Waals surface area contributed by atoms with E-state index >= 15 is 0 Å². The zero-order chi connectivity index (χ0) is 13.9. The number of hydrogen-bond acceptors (Lipinski definition) is 3. The van der Waals surface area contributed by atoms with Crippen LogP contribution in [-0.4, -0.2) is 41.9 Å². The van der Waals surface area contributed by atoms with Gasteiger partial charge in [0.1, 0.15) is 5.15 Å². The molecule has 0 fully saturated rings. The lowest BCUT2D eigenvalue weighted by atomic mass is 10.2. The van der Waals surface area contributed by atoms with Crippen molar-refractivity contribution in [2.45, 2.75) is 12.7 Å². The number of nitrogens with zero attached hydrogens (tertiary/aromatic N) is 3. The van der Waals surface area contributed by atoms with Crippen LogP contribution < -0.4 is 5.32 Å². The van der Waals surface area contributed by atoms with Gasteiger partial charge in [0.15, 0.2) is 5.69 Å². The first-order chi connectivity index (χ1) is 8.23. The van der Waals surface area contributed by atoms with Crippen molar-refractivity contribution in [2.75, 3.05) is 27.2 Å². The van der Waals surface area contributed by atoms with Crippen molar-refractivity contribution in [1.29, 1.82) is 0 Å². The average molecular weight is 285 g/mol. The van der Waals surface area contributed by atoms with E-state index in [-0.39, 0.29) is 17.3 Å². The molecule has 1 heterocycles. The molecule has 1 aromatic heterocycles. The molecule has 1 rings (SSSR count). The van der Waals surface area contributed by atoms with Crippen molar-refractivity contribution in [3.8, 4) is 0 Å². The quantitative estimate of drug-likeness (QED) is 0.836. The third-order valence-corrected chi connectivity index (χ3v) is 2.85. The van der Waals surface area contributed by atoms with Crippen LogP contribution in [0.5, 0.6) is 0 Å². The van der Waals surface area contributed by atoms with Gasteiger partial charge in [-0.15, -0.1) is 0 Å². The SMILES string of the molecule is CN(C)CCNCc1c(C(F)(F)F)nn(C)c1Cl. The number of aromatic nitrogens is 2. The monoisotopic (exact) mass is 284 g/mol. The predicted molar refractivity (Wildman–Crippen MR) is 63.5 cm³/mol. The van der Waals surface area contributed by atoms with Gasteiger partial charge in [0.2, 0.25) is 0 Å². The molecule has 0 bridgehead atoms. The van der Waals surface area contributed by atoms with E-state index in [4.69, 9.17) is 11.6 Å². The summed E-state index contributed by atoms with van der Waals surface area (Å²) in [5.74, 6) is 0. The molecule has 18 heavy (non-hydrogen) atoms. The van der Waals surface area contributed by atoms with Gasteiger partial charge in [-0.05, 0) is 14.1 Å². The molecule has 104 valence electrons. The molecule has 0 atom stereocenters. The highest BCUT2D eigenvalue weighted by molar-refractivity contribution is 6.30. The highest BCUT2D eigenvalue weighted by Crippen LogP contribution is 2.33. The molecule has 0 amide bonds. The summed E-state index contributed by atoms with van der Waals surface area (Å²) >= 11 is 5.81. The van der Waals surface area contributed by atoms with Crippen LogP contribution in [0, 0.1) is 0 Å². The Morgan fingerprint density at radius 2 is 2.00 bits per heavy atom. The third-order valence-electron chi connectivity index (χ3n) is 2.38. The molecule has 0 aliphatic rings. The molecular formula is C10H16ClF3N4. The number of nitrogens with one attached hydrogen (secondary N) is 1. The van der Waals surface area contributed by atoms with Crippen LogP contribution in [-0.2, 0) is 19.8 Å². The first kappa shape index (κ1) is 15.3. The zero-order valence-corrected chi connectivity index (χ0v) is 11.2.